The predicted molar refractivity (Wildman–Crippen MR) is 128 cm³/mol. The zero-order valence-corrected chi connectivity index (χ0v) is 20.1. The summed E-state index contributed by atoms with van der Waals surface area (Å²) in [5.74, 6) is -0.678. The molecule has 34 heavy (non-hydrogen) atoms. The van der Waals surface area contributed by atoms with Gasteiger partial charge in [-0.15, -0.1) is 0 Å². The molecule has 1 amide bonds. The highest BCUT2D eigenvalue weighted by Crippen LogP contribution is 2.34. The minimum absolute atomic E-state index is 0.0221. The van der Waals surface area contributed by atoms with Gasteiger partial charge in [0.1, 0.15) is 17.1 Å². The summed E-state index contributed by atoms with van der Waals surface area (Å²) in [4.78, 5) is 19.3. The maximum Gasteiger partial charge on any atom is 0.229 e. The van der Waals surface area contributed by atoms with Crippen molar-refractivity contribution in [1.29, 1.82) is 0 Å². The van der Waals surface area contributed by atoms with Crippen molar-refractivity contribution in [1.82, 2.24) is 14.8 Å². The van der Waals surface area contributed by atoms with E-state index in [-0.39, 0.29) is 23.8 Å². The Morgan fingerprint density at radius 1 is 1.18 bits per heavy atom. The maximum absolute atomic E-state index is 13.2. The normalized spacial score (nSPS) is 11.6. The molecule has 4 aromatic rings. The number of para-hydroxylation sites is 1. The lowest BCUT2D eigenvalue weighted by molar-refractivity contribution is -0.118. The molecule has 0 aliphatic carbocycles. The van der Waals surface area contributed by atoms with Gasteiger partial charge in [-0.3, -0.25) is 14.4 Å². The number of anilines is 1. The summed E-state index contributed by atoms with van der Waals surface area (Å²) in [6.45, 7) is 3.04. The fourth-order valence-corrected chi connectivity index (χ4v) is 5.63. The second-order valence-corrected chi connectivity index (χ2v) is 10.5. The third-order valence-corrected chi connectivity index (χ3v) is 7.85. The number of halogens is 1. The largest absolute Gasteiger partial charge is 0.492 e. The summed E-state index contributed by atoms with van der Waals surface area (Å²) in [5.41, 5.74) is 0.653. The van der Waals surface area contributed by atoms with Gasteiger partial charge in [0.25, 0.3) is 0 Å². The molecule has 0 atom stereocenters. The molecule has 0 spiro atoms. The van der Waals surface area contributed by atoms with Crippen LogP contribution in [0.25, 0.3) is 10.2 Å². The molecular formula is C23H23FN4O4S2. The standard InChI is InChI=1S/C23H23FN4O4S2/c1-2-32-19-5-3-6-20-22(19)26-23(33-20)28(15-14-27-13-4-12-25-27)21(29)11-16-34(30,31)18-9-7-17(24)8-10-18/h3-10,12-13H,2,11,14-16H2,1H3. The van der Waals surface area contributed by atoms with Crippen LogP contribution in [0.15, 0.2) is 65.8 Å². The quantitative estimate of drug-likeness (QED) is 0.305. The monoisotopic (exact) mass is 502 g/mol. The molecule has 0 bridgehead atoms. The topological polar surface area (TPSA) is 94.4 Å². The minimum Gasteiger partial charge on any atom is -0.492 e. The molecule has 2 aromatic heterocycles. The van der Waals surface area contributed by atoms with Gasteiger partial charge in [-0.1, -0.05) is 17.4 Å². The molecule has 0 saturated carbocycles. The molecule has 11 heteroatoms. The van der Waals surface area contributed by atoms with Crippen LogP contribution in [0.2, 0.25) is 0 Å². The van der Waals surface area contributed by atoms with E-state index >= 15 is 0 Å². The van der Waals surface area contributed by atoms with Gasteiger partial charge in [0.05, 0.1) is 28.5 Å². The van der Waals surface area contributed by atoms with Crippen LogP contribution in [0.4, 0.5) is 9.52 Å². The zero-order valence-electron chi connectivity index (χ0n) is 18.4. The molecule has 4 rings (SSSR count). The highest BCUT2D eigenvalue weighted by Gasteiger charge is 2.24. The SMILES string of the molecule is CCOc1cccc2sc(N(CCn3cccn3)C(=O)CCS(=O)(=O)c3ccc(F)cc3)nc12. The summed E-state index contributed by atoms with van der Waals surface area (Å²) in [6, 6.07) is 11.9. The summed E-state index contributed by atoms with van der Waals surface area (Å²) in [7, 11) is -3.75. The van der Waals surface area contributed by atoms with Crippen LogP contribution in [0, 0.1) is 5.82 Å². The van der Waals surface area contributed by atoms with Gasteiger partial charge in [0, 0.05) is 25.4 Å². The molecule has 0 unspecified atom stereocenters. The number of nitrogens with zero attached hydrogens (tertiary/aromatic N) is 4. The van der Waals surface area contributed by atoms with Crippen LogP contribution in [-0.2, 0) is 21.2 Å². The van der Waals surface area contributed by atoms with Gasteiger partial charge in [0.2, 0.25) is 5.91 Å². The van der Waals surface area contributed by atoms with E-state index in [0.29, 0.717) is 29.5 Å². The Bertz CT molecular complexity index is 1370. The summed E-state index contributed by atoms with van der Waals surface area (Å²) in [5, 5.41) is 4.63. The molecule has 0 aliphatic rings. The Kier molecular flexibility index (Phi) is 7.23. The summed E-state index contributed by atoms with van der Waals surface area (Å²) < 4.78 is 46.7. The second kappa shape index (κ2) is 10.3. The van der Waals surface area contributed by atoms with Gasteiger partial charge in [-0.05, 0) is 49.4 Å². The van der Waals surface area contributed by atoms with Crippen LogP contribution in [0.5, 0.6) is 5.75 Å². The maximum atomic E-state index is 13.2. The first kappa shape index (κ1) is 23.8. The van der Waals surface area contributed by atoms with E-state index in [4.69, 9.17) is 4.74 Å². The molecule has 0 N–H and O–H groups in total. The van der Waals surface area contributed by atoms with Gasteiger partial charge < -0.3 is 4.74 Å². The van der Waals surface area contributed by atoms with Crippen molar-refractivity contribution in [3.8, 4) is 5.75 Å². The molecule has 8 nitrogen and oxygen atoms in total. The average molecular weight is 503 g/mol. The molecule has 0 fully saturated rings. The van der Waals surface area contributed by atoms with E-state index in [1.807, 2.05) is 25.1 Å². The number of aromatic nitrogens is 3. The van der Waals surface area contributed by atoms with Crippen molar-refractivity contribution in [3.63, 3.8) is 0 Å². The Morgan fingerprint density at radius 3 is 2.68 bits per heavy atom. The third-order valence-electron chi connectivity index (χ3n) is 5.07. The van der Waals surface area contributed by atoms with Crippen LogP contribution >= 0.6 is 11.3 Å². The van der Waals surface area contributed by atoms with Crippen molar-refractivity contribution in [2.75, 3.05) is 23.8 Å². The van der Waals surface area contributed by atoms with E-state index in [0.717, 1.165) is 16.8 Å². The number of fused-ring (bicyclic) bond motifs is 1. The number of carbonyl (C=O) groups is 1. The van der Waals surface area contributed by atoms with Gasteiger partial charge in [-0.2, -0.15) is 5.10 Å². The first-order valence-electron chi connectivity index (χ1n) is 10.7. The first-order chi connectivity index (χ1) is 16.4. The molecule has 0 saturated heterocycles. The van der Waals surface area contributed by atoms with Gasteiger partial charge >= 0.3 is 0 Å². The molecule has 0 aliphatic heterocycles. The van der Waals surface area contributed by atoms with Crippen LogP contribution < -0.4 is 9.64 Å². The van der Waals surface area contributed by atoms with E-state index in [1.54, 1.807) is 23.1 Å². The lowest BCUT2D eigenvalue weighted by atomic mass is 10.3. The van der Waals surface area contributed by atoms with Gasteiger partial charge in [0.15, 0.2) is 15.0 Å². The van der Waals surface area contributed by atoms with E-state index in [1.165, 1.54) is 28.4 Å². The number of benzene rings is 2. The average Bonchev–Trinajstić information content (AvgIpc) is 3.49. The molecule has 178 valence electrons. The number of sulfone groups is 1. The first-order valence-corrected chi connectivity index (χ1v) is 13.1. The van der Waals surface area contributed by atoms with Crippen LogP contribution in [-0.4, -0.2) is 48.0 Å². The number of carbonyl (C=O) groups excluding carboxylic acids is 1. The Balaban J connectivity index is 1.58. The Morgan fingerprint density at radius 2 is 1.97 bits per heavy atom. The summed E-state index contributed by atoms with van der Waals surface area (Å²) in [6.07, 6.45) is 3.19. The fourth-order valence-electron chi connectivity index (χ4n) is 3.38. The van der Waals surface area contributed by atoms with Crippen molar-refractivity contribution >= 4 is 42.4 Å². The minimum atomic E-state index is -3.75. The van der Waals surface area contributed by atoms with Crippen molar-refractivity contribution < 1.29 is 22.3 Å². The molecule has 2 aromatic carbocycles. The lowest BCUT2D eigenvalue weighted by Crippen LogP contribution is -2.35. The second-order valence-electron chi connectivity index (χ2n) is 7.37. The van der Waals surface area contributed by atoms with Crippen LogP contribution in [0.1, 0.15) is 13.3 Å². The Labute approximate surface area is 200 Å². The molecular weight excluding hydrogens is 479 g/mol. The Hall–Kier alpha value is -3.31. The van der Waals surface area contributed by atoms with Gasteiger partial charge in [-0.25, -0.2) is 17.8 Å². The third kappa shape index (κ3) is 5.42. The van der Waals surface area contributed by atoms with Crippen LogP contribution in [0.3, 0.4) is 0 Å². The highest BCUT2D eigenvalue weighted by molar-refractivity contribution is 7.91. The zero-order chi connectivity index (χ0) is 24.1. The number of hydrogen-bond acceptors (Lipinski definition) is 7. The van der Waals surface area contributed by atoms with E-state index < -0.39 is 21.4 Å². The smallest absolute Gasteiger partial charge is 0.229 e. The number of thiazole rings is 1. The molecule has 2 heterocycles. The highest BCUT2D eigenvalue weighted by atomic mass is 32.2. The van der Waals surface area contributed by atoms with Crippen molar-refractivity contribution in [2.24, 2.45) is 0 Å². The fraction of sp³-hybridized carbons (Fsp3) is 0.261. The number of ether oxygens (including phenoxy) is 1. The lowest BCUT2D eigenvalue weighted by Gasteiger charge is -2.20. The number of amides is 1. The van der Waals surface area contributed by atoms with Crippen molar-refractivity contribution in [2.45, 2.75) is 24.8 Å². The van der Waals surface area contributed by atoms with E-state index in [9.17, 15) is 17.6 Å². The predicted octanol–water partition coefficient (Wildman–Crippen LogP) is 3.93. The molecule has 0 radical (unpaired) electrons. The summed E-state index contributed by atoms with van der Waals surface area (Å²) >= 11 is 1.34. The van der Waals surface area contributed by atoms with E-state index in [2.05, 4.69) is 10.1 Å². The van der Waals surface area contributed by atoms with Crippen molar-refractivity contribution in [3.05, 3.63) is 66.7 Å². The number of rotatable bonds is 10. The number of hydrogen-bond donors (Lipinski definition) is 0.